The van der Waals surface area contributed by atoms with Gasteiger partial charge in [0.2, 0.25) is 0 Å². The highest BCUT2D eigenvalue weighted by Crippen LogP contribution is 2.45. The van der Waals surface area contributed by atoms with E-state index < -0.39 is 10.3 Å². The van der Waals surface area contributed by atoms with Gasteiger partial charge in [0.05, 0.1) is 18.3 Å². The van der Waals surface area contributed by atoms with Gasteiger partial charge in [0.25, 0.3) is 0 Å². The second kappa shape index (κ2) is 5.61. The second-order valence-electron chi connectivity index (χ2n) is 5.56. The van der Waals surface area contributed by atoms with Crippen LogP contribution in [0.4, 0.5) is 0 Å². The average molecular weight is 320 g/mol. The Balaban J connectivity index is 2.23. The van der Waals surface area contributed by atoms with E-state index in [9.17, 15) is 8.42 Å². The SMILES string of the molecule is CC1(C)C[C@@H](COS(N)(=O)=O)[C@H](c2ccccc2Cl)O1. The lowest BCUT2D eigenvalue weighted by Crippen LogP contribution is -2.22. The third-order valence-electron chi connectivity index (χ3n) is 3.29. The molecule has 0 aromatic heterocycles. The summed E-state index contributed by atoms with van der Waals surface area (Å²) < 4.78 is 32.6. The van der Waals surface area contributed by atoms with E-state index in [2.05, 4.69) is 0 Å². The molecule has 7 heteroatoms. The first-order valence-electron chi connectivity index (χ1n) is 6.27. The predicted molar refractivity (Wildman–Crippen MR) is 76.5 cm³/mol. The van der Waals surface area contributed by atoms with Crippen LogP contribution in [0.2, 0.25) is 5.02 Å². The van der Waals surface area contributed by atoms with Crippen molar-refractivity contribution in [2.75, 3.05) is 6.61 Å². The van der Waals surface area contributed by atoms with E-state index in [-0.39, 0.29) is 24.2 Å². The summed E-state index contributed by atoms with van der Waals surface area (Å²) in [6.45, 7) is 3.89. The predicted octanol–water partition coefficient (Wildman–Crippen LogP) is 2.42. The number of hydrogen-bond donors (Lipinski definition) is 1. The number of benzene rings is 1. The third kappa shape index (κ3) is 3.93. The van der Waals surface area contributed by atoms with Gasteiger partial charge in [-0.3, -0.25) is 4.18 Å². The Morgan fingerprint density at radius 1 is 1.45 bits per heavy atom. The minimum absolute atomic E-state index is 0.0157. The van der Waals surface area contributed by atoms with Gasteiger partial charge in [-0.15, -0.1) is 0 Å². The Morgan fingerprint density at radius 3 is 2.70 bits per heavy atom. The van der Waals surface area contributed by atoms with Crippen LogP contribution in [-0.4, -0.2) is 20.6 Å². The summed E-state index contributed by atoms with van der Waals surface area (Å²) in [7, 11) is -3.95. The summed E-state index contributed by atoms with van der Waals surface area (Å²) in [6, 6.07) is 7.36. The van der Waals surface area contributed by atoms with E-state index in [4.69, 9.17) is 25.7 Å². The summed E-state index contributed by atoms with van der Waals surface area (Å²) in [5.74, 6) is -0.122. The molecule has 1 aromatic rings. The zero-order valence-electron chi connectivity index (χ0n) is 11.4. The molecule has 2 N–H and O–H groups in total. The zero-order chi connectivity index (χ0) is 15.0. The molecule has 0 radical (unpaired) electrons. The summed E-state index contributed by atoms with van der Waals surface area (Å²) in [6.07, 6.45) is 0.360. The summed E-state index contributed by atoms with van der Waals surface area (Å²) in [5, 5.41) is 5.47. The number of ether oxygens (including phenoxy) is 1. The lowest BCUT2D eigenvalue weighted by molar-refractivity contribution is -0.0245. The largest absolute Gasteiger partial charge is 0.367 e. The lowest BCUT2D eigenvalue weighted by atomic mass is 9.91. The molecule has 1 heterocycles. The van der Waals surface area contributed by atoms with Crippen molar-refractivity contribution in [3.63, 3.8) is 0 Å². The maximum Gasteiger partial charge on any atom is 0.333 e. The molecular formula is C13H18ClNO4S. The van der Waals surface area contributed by atoms with E-state index in [1.807, 2.05) is 32.0 Å². The van der Waals surface area contributed by atoms with Crippen molar-refractivity contribution in [3.8, 4) is 0 Å². The Bertz CT molecular complexity index is 588. The van der Waals surface area contributed by atoms with Crippen LogP contribution in [0.15, 0.2) is 24.3 Å². The molecule has 0 aliphatic carbocycles. The van der Waals surface area contributed by atoms with Crippen LogP contribution >= 0.6 is 11.6 Å². The minimum atomic E-state index is -3.95. The van der Waals surface area contributed by atoms with Crippen LogP contribution in [0, 0.1) is 5.92 Å². The zero-order valence-corrected chi connectivity index (χ0v) is 12.9. The van der Waals surface area contributed by atoms with Crippen molar-refractivity contribution in [1.29, 1.82) is 0 Å². The highest BCUT2D eigenvalue weighted by molar-refractivity contribution is 7.84. The van der Waals surface area contributed by atoms with Gasteiger partial charge in [-0.2, -0.15) is 8.42 Å². The van der Waals surface area contributed by atoms with E-state index in [0.717, 1.165) is 5.56 Å². The van der Waals surface area contributed by atoms with Gasteiger partial charge in [0.1, 0.15) is 0 Å². The number of nitrogens with two attached hydrogens (primary N) is 1. The first kappa shape index (κ1) is 15.7. The van der Waals surface area contributed by atoms with Crippen molar-refractivity contribution >= 4 is 21.9 Å². The molecule has 1 aliphatic heterocycles. The van der Waals surface area contributed by atoms with Crippen molar-refractivity contribution in [2.45, 2.75) is 32.0 Å². The lowest BCUT2D eigenvalue weighted by Gasteiger charge is -2.21. The fraction of sp³-hybridized carbons (Fsp3) is 0.538. The molecule has 0 unspecified atom stereocenters. The average Bonchev–Trinajstić information content (AvgIpc) is 2.62. The highest BCUT2D eigenvalue weighted by atomic mass is 35.5. The van der Waals surface area contributed by atoms with E-state index in [1.54, 1.807) is 6.07 Å². The van der Waals surface area contributed by atoms with Crippen LogP contribution in [0.3, 0.4) is 0 Å². The monoisotopic (exact) mass is 319 g/mol. The molecule has 112 valence electrons. The van der Waals surface area contributed by atoms with Crippen molar-refractivity contribution in [3.05, 3.63) is 34.9 Å². The second-order valence-corrected chi connectivity index (χ2v) is 7.19. The molecule has 1 saturated heterocycles. The Kier molecular flexibility index (Phi) is 4.41. The molecule has 20 heavy (non-hydrogen) atoms. The van der Waals surface area contributed by atoms with Gasteiger partial charge in [0.15, 0.2) is 0 Å². The molecule has 1 fully saturated rings. The van der Waals surface area contributed by atoms with E-state index >= 15 is 0 Å². The summed E-state index contributed by atoms with van der Waals surface area (Å²) in [4.78, 5) is 0. The van der Waals surface area contributed by atoms with Gasteiger partial charge in [-0.25, -0.2) is 5.14 Å². The van der Waals surface area contributed by atoms with Crippen LogP contribution < -0.4 is 5.14 Å². The molecule has 2 atom stereocenters. The normalized spacial score (nSPS) is 25.8. The number of halogens is 1. The standard InChI is InChI=1S/C13H18ClNO4S/c1-13(2)7-9(8-18-20(15,16)17)12(19-13)10-5-3-4-6-11(10)14/h3-6,9,12H,7-8H2,1-2H3,(H2,15,16,17)/t9-,12+/m0/s1. The molecule has 2 rings (SSSR count). The van der Waals surface area contributed by atoms with Crippen LogP contribution in [-0.2, 0) is 19.2 Å². The van der Waals surface area contributed by atoms with E-state index in [0.29, 0.717) is 11.4 Å². The van der Waals surface area contributed by atoms with Crippen molar-refractivity contribution in [2.24, 2.45) is 11.1 Å². The molecule has 5 nitrogen and oxygen atoms in total. The third-order valence-corrected chi connectivity index (χ3v) is 4.09. The van der Waals surface area contributed by atoms with Crippen molar-refractivity contribution in [1.82, 2.24) is 0 Å². The minimum Gasteiger partial charge on any atom is -0.367 e. The van der Waals surface area contributed by atoms with Crippen LogP contribution in [0.5, 0.6) is 0 Å². The molecule has 0 bridgehead atoms. The van der Waals surface area contributed by atoms with Gasteiger partial charge >= 0.3 is 10.3 Å². The summed E-state index contributed by atoms with van der Waals surface area (Å²) >= 11 is 6.19. The van der Waals surface area contributed by atoms with Crippen LogP contribution in [0.25, 0.3) is 0 Å². The molecule has 1 aliphatic rings. The fourth-order valence-corrected chi connectivity index (χ4v) is 3.19. The quantitative estimate of drug-likeness (QED) is 0.924. The Labute approximate surface area is 124 Å². The maximum atomic E-state index is 10.9. The Morgan fingerprint density at radius 2 is 2.10 bits per heavy atom. The first-order chi connectivity index (χ1) is 9.18. The smallest absolute Gasteiger partial charge is 0.333 e. The number of rotatable bonds is 4. The van der Waals surface area contributed by atoms with E-state index in [1.165, 1.54) is 0 Å². The Hall–Kier alpha value is -0.660. The molecule has 0 amide bonds. The van der Waals surface area contributed by atoms with Gasteiger partial charge in [0, 0.05) is 10.9 Å². The van der Waals surface area contributed by atoms with Crippen molar-refractivity contribution < 1.29 is 17.3 Å². The van der Waals surface area contributed by atoms with Gasteiger partial charge < -0.3 is 4.74 Å². The highest BCUT2D eigenvalue weighted by Gasteiger charge is 2.42. The van der Waals surface area contributed by atoms with Gasteiger partial charge in [-0.05, 0) is 31.9 Å². The van der Waals surface area contributed by atoms with Gasteiger partial charge in [-0.1, -0.05) is 29.8 Å². The van der Waals surface area contributed by atoms with Crippen LogP contribution in [0.1, 0.15) is 31.9 Å². The molecular weight excluding hydrogens is 302 g/mol. The molecule has 0 saturated carbocycles. The number of hydrogen-bond acceptors (Lipinski definition) is 4. The summed E-state index contributed by atoms with van der Waals surface area (Å²) in [5.41, 5.74) is 0.471. The molecule has 1 aromatic carbocycles. The fourth-order valence-electron chi connectivity index (χ4n) is 2.58. The maximum absolute atomic E-state index is 10.9. The molecule has 0 spiro atoms. The first-order valence-corrected chi connectivity index (χ1v) is 8.12. The topological polar surface area (TPSA) is 78.6 Å².